The lowest BCUT2D eigenvalue weighted by Gasteiger charge is -2.37. The second kappa shape index (κ2) is 10.6. The first-order chi connectivity index (χ1) is 14.9. The molecule has 5 nitrogen and oxygen atoms in total. The molecule has 2 heterocycles. The fourth-order valence-corrected chi connectivity index (χ4v) is 4.83. The molecule has 6 heteroatoms. The van der Waals surface area contributed by atoms with Gasteiger partial charge in [-0.3, -0.25) is 9.59 Å². The minimum Gasteiger partial charge on any atom is -0.491 e. The van der Waals surface area contributed by atoms with E-state index in [9.17, 15) is 9.59 Å². The average molecular weight is 441 g/mol. The van der Waals surface area contributed by atoms with Gasteiger partial charge in [-0.1, -0.05) is 38.1 Å². The van der Waals surface area contributed by atoms with Crippen molar-refractivity contribution in [3.05, 3.63) is 64.4 Å². The van der Waals surface area contributed by atoms with Crippen LogP contribution in [0.3, 0.4) is 0 Å². The van der Waals surface area contributed by atoms with Gasteiger partial charge >= 0.3 is 0 Å². The monoisotopic (exact) mass is 440 g/mol. The number of amides is 2. The third-order valence-electron chi connectivity index (χ3n) is 5.52. The first-order valence-electron chi connectivity index (χ1n) is 10.8. The molecule has 1 aromatic heterocycles. The Balaban J connectivity index is 1.77. The summed E-state index contributed by atoms with van der Waals surface area (Å²) in [6.07, 6.45) is 2.94. The molecule has 1 aliphatic heterocycles. The molecule has 0 saturated carbocycles. The summed E-state index contributed by atoms with van der Waals surface area (Å²) in [5.41, 5.74) is 2.22. The number of aryl methyl sites for hydroxylation is 1. The number of carbonyl (C=O) groups excluding carboxylic acids is 2. The second-order valence-electron chi connectivity index (χ2n) is 8.39. The number of para-hydroxylation sites is 1. The van der Waals surface area contributed by atoms with E-state index in [1.165, 1.54) is 4.88 Å². The van der Waals surface area contributed by atoms with Gasteiger partial charge in [-0.15, -0.1) is 17.9 Å². The summed E-state index contributed by atoms with van der Waals surface area (Å²) in [5, 5.41) is 2.08. The molecule has 1 aromatic carbocycles. The molecule has 2 amide bonds. The highest BCUT2D eigenvalue weighted by Crippen LogP contribution is 2.34. The minimum atomic E-state index is -0.159. The van der Waals surface area contributed by atoms with Gasteiger partial charge in [0.05, 0.1) is 6.04 Å². The van der Waals surface area contributed by atoms with Gasteiger partial charge in [-0.05, 0) is 47.9 Å². The molecular weight excluding hydrogens is 408 g/mol. The standard InChI is InChI=1S/C25H32N2O3S/c1-5-12-26(24(28)15-18(2)3)16-25(29)27-13-10-23-20(11-14-31-23)21(27)17-30-22-9-7-6-8-19(22)4/h5-9,11,14,18,21H,1,10,12-13,15-17H2,2-4H3/t21-/m1/s1. The van der Waals surface area contributed by atoms with Gasteiger partial charge in [-0.25, -0.2) is 0 Å². The Morgan fingerprint density at radius 3 is 2.81 bits per heavy atom. The number of nitrogens with zero attached hydrogens (tertiary/aromatic N) is 2. The number of ether oxygens (including phenoxy) is 1. The number of fused-ring (bicyclic) bond motifs is 1. The normalized spacial score (nSPS) is 15.5. The van der Waals surface area contributed by atoms with E-state index in [4.69, 9.17) is 4.74 Å². The summed E-state index contributed by atoms with van der Waals surface area (Å²) in [7, 11) is 0. The molecule has 1 atom stereocenters. The van der Waals surface area contributed by atoms with Crippen molar-refractivity contribution in [1.82, 2.24) is 9.80 Å². The number of hydrogen-bond acceptors (Lipinski definition) is 4. The Labute approximate surface area is 189 Å². The number of carbonyl (C=O) groups is 2. The topological polar surface area (TPSA) is 49.9 Å². The van der Waals surface area contributed by atoms with E-state index in [-0.39, 0.29) is 30.3 Å². The minimum absolute atomic E-state index is 0.0100. The van der Waals surface area contributed by atoms with Crippen LogP contribution in [0.25, 0.3) is 0 Å². The van der Waals surface area contributed by atoms with E-state index >= 15 is 0 Å². The third kappa shape index (κ3) is 5.76. The fourth-order valence-electron chi connectivity index (χ4n) is 3.90. The van der Waals surface area contributed by atoms with Gasteiger partial charge in [0.25, 0.3) is 0 Å². The van der Waals surface area contributed by atoms with Crippen LogP contribution in [0.5, 0.6) is 5.75 Å². The highest BCUT2D eigenvalue weighted by molar-refractivity contribution is 7.10. The van der Waals surface area contributed by atoms with E-state index in [0.29, 0.717) is 26.1 Å². The van der Waals surface area contributed by atoms with Crippen LogP contribution in [0, 0.1) is 12.8 Å². The molecule has 3 rings (SSSR count). The second-order valence-corrected chi connectivity index (χ2v) is 9.39. The number of thiophene rings is 1. The van der Waals surface area contributed by atoms with Gasteiger partial charge in [0.1, 0.15) is 18.9 Å². The van der Waals surface area contributed by atoms with Crippen LogP contribution in [0.2, 0.25) is 0 Å². The van der Waals surface area contributed by atoms with Crippen molar-refractivity contribution in [2.24, 2.45) is 5.92 Å². The molecule has 0 spiro atoms. The van der Waals surface area contributed by atoms with Gasteiger partial charge < -0.3 is 14.5 Å². The maximum Gasteiger partial charge on any atom is 0.242 e. The number of rotatable bonds is 9. The van der Waals surface area contributed by atoms with E-state index in [1.54, 1.807) is 22.3 Å². The molecule has 0 fully saturated rings. The number of hydrogen-bond donors (Lipinski definition) is 0. The molecule has 2 aromatic rings. The predicted octanol–water partition coefficient (Wildman–Crippen LogP) is 4.62. The lowest BCUT2D eigenvalue weighted by molar-refractivity contribution is -0.142. The quantitative estimate of drug-likeness (QED) is 0.535. The van der Waals surface area contributed by atoms with E-state index < -0.39 is 0 Å². The first-order valence-corrected chi connectivity index (χ1v) is 11.7. The Kier molecular flexibility index (Phi) is 7.91. The summed E-state index contributed by atoms with van der Waals surface area (Å²) >= 11 is 1.73. The van der Waals surface area contributed by atoms with Crippen molar-refractivity contribution < 1.29 is 14.3 Å². The third-order valence-corrected chi connectivity index (χ3v) is 6.51. The van der Waals surface area contributed by atoms with Crippen molar-refractivity contribution in [3.63, 3.8) is 0 Å². The van der Waals surface area contributed by atoms with Gasteiger partial charge in [-0.2, -0.15) is 0 Å². The highest BCUT2D eigenvalue weighted by Gasteiger charge is 2.33. The molecule has 166 valence electrons. The highest BCUT2D eigenvalue weighted by atomic mass is 32.1. The van der Waals surface area contributed by atoms with E-state index in [0.717, 1.165) is 23.3 Å². The van der Waals surface area contributed by atoms with Crippen LogP contribution >= 0.6 is 11.3 Å². The van der Waals surface area contributed by atoms with Gasteiger partial charge in [0, 0.05) is 24.4 Å². The van der Waals surface area contributed by atoms with Gasteiger partial charge in [0.2, 0.25) is 11.8 Å². The van der Waals surface area contributed by atoms with Crippen LogP contribution in [0.1, 0.15) is 42.3 Å². The van der Waals surface area contributed by atoms with Crippen molar-refractivity contribution in [2.45, 2.75) is 39.7 Å². The molecule has 0 bridgehead atoms. The summed E-state index contributed by atoms with van der Waals surface area (Å²) in [6.45, 7) is 11.3. The summed E-state index contributed by atoms with van der Waals surface area (Å²) in [5.74, 6) is 1.02. The zero-order valence-corrected chi connectivity index (χ0v) is 19.5. The molecule has 0 saturated heterocycles. The van der Waals surface area contributed by atoms with Crippen molar-refractivity contribution in [3.8, 4) is 5.75 Å². The first kappa shape index (κ1) is 23.1. The van der Waals surface area contributed by atoms with Crippen molar-refractivity contribution in [1.29, 1.82) is 0 Å². The molecule has 0 N–H and O–H groups in total. The zero-order valence-electron chi connectivity index (χ0n) is 18.7. The van der Waals surface area contributed by atoms with Crippen molar-refractivity contribution in [2.75, 3.05) is 26.2 Å². The SMILES string of the molecule is C=CCN(CC(=O)N1CCc2sccc2[C@H]1COc1ccccc1C)C(=O)CC(C)C. The molecular formula is C25H32N2O3S. The fraction of sp³-hybridized carbons (Fsp3) is 0.440. The summed E-state index contributed by atoms with van der Waals surface area (Å²) in [4.78, 5) is 30.8. The summed E-state index contributed by atoms with van der Waals surface area (Å²) in [6, 6.07) is 9.84. The molecule has 31 heavy (non-hydrogen) atoms. The smallest absolute Gasteiger partial charge is 0.242 e. The Morgan fingerprint density at radius 2 is 2.10 bits per heavy atom. The Morgan fingerprint density at radius 1 is 1.32 bits per heavy atom. The predicted molar refractivity (Wildman–Crippen MR) is 125 cm³/mol. The molecule has 1 aliphatic rings. The Bertz CT molecular complexity index is 921. The molecule has 0 unspecified atom stereocenters. The van der Waals surface area contributed by atoms with Crippen molar-refractivity contribution >= 4 is 23.2 Å². The maximum atomic E-state index is 13.3. The van der Waals surface area contributed by atoms with Crippen LogP contribution in [0.4, 0.5) is 0 Å². The lowest BCUT2D eigenvalue weighted by Crippen LogP contribution is -2.48. The molecule has 0 aliphatic carbocycles. The van der Waals surface area contributed by atoms with Crippen LogP contribution in [-0.2, 0) is 16.0 Å². The maximum absolute atomic E-state index is 13.3. The number of benzene rings is 1. The van der Waals surface area contributed by atoms with Crippen LogP contribution in [-0.4, -0.2) is 47.9 Å². The zero-order chi connectivity index (χ0) is 22.4. The lowest BCUT2D eigenvalue weighted by atomic mass is 10.00. The summed E-state index contributed by atoms with van der Waals surface area (Å²) < 4.78 is 6.15. The molecule has 0 radical (unpaired) electrons. The van der Waals surface area contributed by atoms with E-state index in [1.807, 2.05) is 49.9 Å². The van der Waals surface area contributed by atoms with E-state index in [2.05, 4.69) is 18.0 Å². The van der Waals surface area contributed by atoms with Crippen LogP contribution < -0.4 is 4.74 Å². The Hall–Kier alpha value is -2.60. The average Bonchev–Trinajstić information content (AvgIpc) is 3.21. The van der Waals surface area contributed by atoms with Gasteiger partial charge in [0.15, 0.2) is 0 Å². The largest absolute Gasteiger partial charge is 0.491 e. The van der Waals surface area contributed by atoms with Crippen LogP contribution in [0.15, 0.2) is 48.4 Å².